The number of carbonyl (C=O) groups is 3. The molecule has 1 saturated carbocycles. The number of ether oxygens (including phenoxy) is 2. The van der Waals surface area contributed by atoms with Gasteiger partial charge in [-0.3, -0.25) is 9.59 Å². The quantitative estimate of drug-likeness (QED) is 0.390. The van der Waals surface area contributed by atoms with E-state index in [-0.39, 0.29) is 25.3 Å². The van der Waals surface area contributed by atoms with Gasteiger partial charge in [0.1, 0.15) is 23.5 Å². The van der Waals surface area contributed by atoms with Gasteiger partial charge in [-0.15, -0.1) is 0 Å². The molecule has 0 aromatic carbocycles. The average Bonchev–Trinajstić information content (AvgIpc) is 3.22. The molecule has 3 amide bonds. The number of aromatic nitrogens is 1. The first-order valence-corrected chi connectivity index (χ1v) is 13.0. The Bertz CT molecular complexity index is 1070. The molecule has 2 fully saturated rings. The van der Waals surface area contributed by atoms with Crippen molar-refractivity contribution < 1.29 is 45.8 Å². The molecule has 1 aliphatic heterocycles. The van der Waals surface area contributed by atoms with Crippen LogP contribution in [0.15, 0.2) is 18.3 Å². The maximum atomic E-state index is 13.8. The molecular weight excluding hydrogens is 543 g/mol. The lowest BCUT2D eigenvalue weighted by atomic mass is 9.81. The summed E-state index contributed by atoms with van der Waals surface area (Å²) >= 11 is 0. The Morgan fingerprint density at radius 2 is 1.85 bits per heavy atom. The van der Waals surface area contributed by atoms with Crippen molar-refractivity contribution in [3.05, 3.63) is 23.9 Å². The van der Waals surface area contributed by atoms with Gasteiger partial charge in [0.15, 0.2) is 0 Å². The number of hydrogen-bond donors (Lipinski definition) is 3. The van der Waals surface area contributed by atoms with Crippen LogP contribution in [0.2, 0.25) is 0 Å². The fourth-order valence-corrected chi connectivity index (χ4v) is 5.06. The van der Waals surface area contributed by atoms with Crippen molar-refractivity contribution >= 4 is 23.7 Å². The van der Waals surface area contributed by atoms with Crippen LogP contribution >= 0.6 is 0 Å². The number of hydrogen-bond acceptors (Lipinski definition) is 6. The molecule has 3 N–H and O–H groups in total. The van der Waals surface area contributed by atoms with Crippen LogP contribution in [0.4, 0.5) is 32.6 Å². The van der Waals surface area contributed by atoms with Gasteiger partial charge in [0.25, 0.3) is 0 Å². The summed E-state index contributed by atoms with van der Waals surface area (Å²) in [5.74, 6) is -6.74. The number of alkyl carbamates (subject to hydrolysis) is 1. The molecular formula is C26H35F5N4O5. The molecule has 1 aromatic rings. The summed E-state index contributed by atoms with van der Waals surface area (Å²) in [7, 11) is 1.35. The third-order valence-corrected chi connectivity index (χ3v) is 7.02. The van der Waals surface area contributed by atoms with Crippen LogP contribution in [0.1, 0.15) is 64.4 Å². The zero-order chi connectivity index (χ0) is 29.9. The van der Waals surface area contributed by atoms with E-state index in [9.17, 15) is 36.3 Å². The topological polar surface area (TPSA) is 119 Å². The summed E-state index contributed by atoms with van der Waals surface area (Å²) in [4.78, 5) is 42.3. The van der Waals surface area contributed by atoms with E-state index in [0.29, 0.717) is 5.56 Å². The first kappa shape index (κ1) is 31.5. The third kappa shape index (κ3) is 8.48. The van der Waals surface area contributed by atoms with Crippen LogP contribution < -0.4 is 16.0 Å². The number of anilines is 1. The molecule has 14 heteroatoms. The molecule has 40 heavy (non-hydrogen) atoms. The fraction of sp³-hybridized carbons (Fsp3) is 0.692. The normalized spacial score (nSPS) is 23.2. The van der Waals surface area contributed by atoms with Gasteiger partial charge in [-0.1, -0.05) is 0 Å². The lowest BCUT2D eigenvalue weighted by Gasteiger charge is -2.33. The number of methoxy groups -OCH3 is 1. The maximum Gasteiger partial charge on any atom is 0.408 e. The number of alkyl halides is 5. The largest absolute Gasteiger partial charge is 0.444 e. The summed E-state index contributed by atoms with van der Waals surface area (Å²) < 4.78 is 77.7. The lowest BCUT2D eigenvalue weighted by molar-refractivity contribution is -0.155. The number of nitrogens with zero attached hydrogens (tertiary/aromatic N) is 1. The molecule has 224 valence electrons. The predicted octanol–water partition coefficient (Wildman–Crippen LogP) is 4.54. The van der Waals surface area contributed by atoms with E-state index in [2.05, 4.69) is 15.6 Å². The Morgan fingerprint density at radius 3 is 2.40 bits per heavy atom. The highest BCUT2D eigenvalue weighted by Gasteiger charge is 2.50. The number of halogens is 5. The third-order valence-electron chi connectivity index (χ3n) is 7.02. The van der Waals surface area contributed by atoms with Crippen molar-refractivity contribution in [3.8, 4) is 0 Å². The minimum Gasteiger partial charge on any atom is -0.444 e. The minimum absolute atomic E-state index is 0.00603. The van der Waals surface area contributed by atoms with E-state index in [1.165, 1.54) is 25.4 Å². The summed E-state index contributed by atoms with van der Waals surface area (Å²) in [6, 6.07) is -0.269. The second kappa shape index (κ2) is 12.2. The summed E-state index contributed by atoms with van der Waals surface area (Å²) in [5, 5.41) is 7.04. The highest BCUT2D eigenvalue weighted by Crippen LogP contribution is 2.39. The van der Waals surface area contributed by atoms with Crippen molar-refractivity contribution in [1.29, 1.82) is 0 Å². The van der Waals surface area contributed by atoms with Gasteiger partial charge in [0.05, 0.1) is 6.61 Å². The van der Waals surface area contributed by atoms with Crippen LogP contribution in [0.5, 0.6) is 0 Å². The zero-order valence-electron chi connectivity index (χ0n) is 22.7. The van der Waals surface area contributed by atoms with Crippen LogP contribution in [-0.2, 0) is 19.1 Å². The van der Waals surface area contributed by atoms with Gasteiger partial charge < -0.3 is 25.4 Å². The van der Waals surface area contributed by atoms with Crippen LogP contribution in [0.3, 0.4) is 0 Å². The van der Waals surface area contributed by atoms with Crippen LogP contribution in [-0.4, -0.2) is 66.4 Å². The van der Waals surface area contributed by atoms with Gasteiger partial charge in [0.2, 0.25) is 17.7 Å². The summed E-state index contributed by atoms with van der Waals surface area (Å²) in [6.45, 7) is 4.84. The Labute approximate surface area is 228 Å². The van der Waals surface area contributed by atoms with E-state index >= 15 is 0 Å². The molecule has 9 nitrogen and oxygen atoms in total. The number of pyridine rings is 1. The standard InChI is InChI=1S/C26H35F5N4O5/c1-24(2,3)40-23(38)35-20(14-5-8-25(27,28)9-6-14)22(37)34-19-11-15(7-10-32-19)17(13-39-4)16-12-18(26(29,30)31)33-21(16)36/h7,10-11,14,16-18,20H,5-6,8-9,12-13H2,1-4H3,(H,33,36)(H,35,38)(H,32,34,37)/t16-,17?,18+,20+/m1/s1. The van der Waals surface area contributed by atoms with E-state index in [0.717, 1.165) is 0 Å². The first-order chi connectivity index (χ1) is 18.5. The Kier molecular flexibility index (Phi) is 9.63. The fourth-order valence-electron chi connectivity index (χ4n) is 5.06. The Balaban J connectivity index is 1.80. The Morgan fingerprint density at radius 1 is 1.20 bits per heavy atom. The first-order valence-electron chi connectivity index (χ1n) is 13.0. The number of rotatable bonds is 8. The molecule has 1 unspecified atom stereocenters. The molecule has 2 aliphatic rings. The van der Waals surface area contributed by atoms with Crippen LogP contribution in [0.25, 0.3) is 0 Å². The Hall–Kier alpha value is -3.03. The average molecular weight is 579 g/mol. The van der Waals surface area contributed by atoms with Crippen molar-refractivity contribution in [1.82, 2.24) is 15.6 Å². The number of nitrogens with one attached hydrogen (secondary N) is 3. The zero-order valence-corrected chi connectivity index (χ0v) is 22.7. The lowest BCUT2D eigenvalue weighted by Crippen LogP contribution is -2.51. The molecule has 0 bridgehead atoms. The molecule has 4 atom stereocenters. The second-order valence-electron chi connectivity index (χ2n) is 11.3. The number of carbonyl (C=O) groups excluding carboxylic acids is 3. The van der Waals surface area contributed by atoms with E-state index < -0.39 is 84.7 Å². The van der Waals surface area contributed by atoms with Gasteiger partial charge in [-0.25, -0.2) is 18.6 Å². The molecule has 0 radical (unpaired) electrons. The van der Waals surface area contributed by atoms with Crippen molar-refractivity contribution in [2.45, 2.75) is 88.6 Å². The number of amides is 3. The van der Waals surface area contributed by atoms with Crippen molar-refractivity contribution in [2.24, 2.45) is 11.8 Å². The molecule has 3 rings (SSSR count). The second-order valence-corrected chi connectivity index (χ2v) is 11.3. The molecule has 0 spiro atoms. The van der Waals surface area contributed by atoms with E-state index in [1.807, 2.05) is 5.32 Å². The van der Waals surface area contributed by atoms with Gasteiger partial charge in [-0.2, -0.15) is 13.2 Å². The molecule has 1 aromatic heterocycles. The van der Waals surface area contributed by atoms with Crippen molar-refractivity contribution in [3.63, 3.8) is 0 Å². The smallest absolute Gasteiger partial charge is 0.408 e. The monoisotopic (exact) mass is 578 g/mol. The van der Waals surface area contributed by atoms with E-state index in [4.69, 9.17) is 9.47 Å². The molecule has 1 aliphatic carbocycles. The van der Waals surface area contributed by atoms with E-state index in [1.54, 1.807) is 20.8 Å². The SMILES string of the molecule is COCC(c1ccnc(NC(=O)[C@@H](NC(=O)OC(C)(C)C)C2CCC(F)(F)CC2)c1)[C@H]1C[C@@H](C(F)(F)F)NC1=O. The molecule has 1 saturated heterocycles. The predicted molar refractivity (Wildman–Crippen MR) is 134 cm³/mol. The van der Waals surface area contributed by atoms with Gasteiger partial charge in [0, 0.05) is 38.0 Å². The van der Waals surface area contributed by atoms with Crippen LogP contribution in [0, 0.1) is 11.8 Å². The van der Waals surface area contributed by atoms with Gasteiger partial charge in [-0.05, 0) is 63.6 Å². The van der Waals surface area contributed by atoms with Crippen molar-refractivity contribution in [2.75, 3.05) is 19.0 Å². The highest BCUT2D eigenvalue weighted by molar-refractivity contribution is 5.96. The summed E-state index contributed by atoms with van der Waals surface area (Å²) in [6.07, 6.45) is -5.55. The highest BCUT2D eigenvalue weighted by atomic mass is 19.4. The van der Waals surface area contributed by atoms with Gasteiger partial charge >= 0.3 is 12.3 Å². The summed E-state index contributed by atoms with van der Waals surface area (Å²) in [5.41, 5.74) is -0.460. The maximum absolute atomic E-state index is 13.8. The molecule has 2 heterocycles. The minimum atomic E-state index is -4.60.